The number of thiophene rings is 1. The van der Waals surface area contributed by atoms with Gasteiger partial charge in [0.1, 0.15) is 15.5 Å². The highest BCUT2D eigenvalue weighted by atomic mass is 32.1. The Kier molecular flexibility index (Phi) is 5.99. The van der Waals surface area contributed by atoms with Gasteiger partial charge in [0.2, 0.25) is 0 Å². The molecule has 1 aliphatic heterocycles. The number of nitro benzene ring substituents is 1. The third-order valence-electron chi connectivity index (χ3n) is 5.29. The molecule has 4 rings (SSSR count). The smallest absolute Gasteiger partial charge is 0.349 e. The maximum atomic E-state index is 13.0. The van der Waals surface area contributed by atoms with Crippen molar-refractivity contribution in [1.29, 1.82) is 0 Å². The van der Waals surface area contributed by atoms with Crippen molar-refractivity contribution in [3.63, 3.8) is 0 Å². The minimum Gasteiger partial charge on any atom is -0.451 e. The van der Waals surface area contributed by atoms with Gasteiger partial charge in [-0.1, -0.05) is 6.42 Å². The van der Waals surface area contributed by atoms with Gasteiger partial charge in [-0.05, 0) is 37.5 Å². The Hall–Kier alpha value is -3.60. The molecule has 0 saturated carbocycles. The molecule has 0 bridgehead atoms. The molecule has 2 aromatic heterocycles. The highest BCUT2D eigenvalue weighted by Crippen LogP contribution is 2.29. The first kappa shape index (κ1) is 21.6. The molecular weight excluding hydrogens is 436 g/mol. The first-order chi connectivity index (χ1) is 15.3. The van der Waals surface area contributed by atoms with Crippen molar-refractivity contribution in [3.8, 4) is 0 Å². The van der Waals surface area contributed by atoms with Gasteiger partial charge < -0.3 is 10.1 Å². The van der Waals surface area contributed by atoms with Gasteiger partial charge in [0, 0.05) is 30.8 Å². The Morgan fingerprint density at radius 3 is 2.72 bits per heavy atom. The molecule has 10 nitrogen and oxygen atoms in total. The largest absolute Gasteiger partial charge is 0.451 e. The van der Waals surface area contributed by atoms with Gasteiger partial charge in [0.05, 0.1) is 10.3 Å². The molecule has 1 amide bonds. The zero-order valence-corrected chi connectivity index (χ0v) is 18.1. The number of rotatable bonds is 5. The number of fused-ring (bicyclic) bond motifs is 2. The Balaban J connectivity index is 1.47. The molecule has 3 aromatic rings. The molecule has 0 radical (unpaired) electrons. The maximum absolute atomic E-state index is 13.0. The molecule has 166 valence electrons. The Morgan fingerprint density at radius 1 is 1.25 bits per heavy atom. The van der Waals surface area contributed by atoms with E-state index in [0.717, 1.165) is 42.8 Å². The van der Waals surface area contributed by atoms with Crippen molar-refractivity contribution in [2.24, 2.45) is 0 Å². The lowest BCUT2D eigenvalue weighted by atomic mass is 10.2. The summed E-state index contributed by atoms with van der Waals surface area (Å²) in [6.45, 7) is 1.76. The number of benzene rings is 1. The predicted octanol–water partition coefficient (Wildman–Crippen LogP) is 3.20. The lowest BCUT2D eigenvalue weighted by Crippen LogP contribution is -2.24. The quantitative estimate of drug-likeness (QED) is 0.354. The third-order valence-corrected chi connectivity index (χ3v) is 6.46. The average Bonchev–Trinajstić information content (AvgIpc) is 2.94. The molecule has 3 heterocycles. The van der Waals surface area contributed by atoms with E-state index in [1.165, 1.54) is 24.3 Å². The summed E-state index contributed by atoms with van der Waals surface area (Å²) in [4.78, 5) is 53.2. The molecule has 1 aromatic carbocycles. The van der Waals surface area contributed by atoms with Crippen LogP contribution in [-0.2, 0) is 22.5 Å². The summed E-state index contributed by atoms with van der Waals surface area (Å²) in [7, 11) is 0. The fraction of sp³-hybridized carbons (Fsp3) is 0.333. The van der Waals surface area contributed by atoms with Crippen molar-refractivity contribution in [2.75, 3.05) is 11.9 Å². The van der Waals surface area contributed by atoms with Crippen LogP contribution in [0.3, 0.4) is 0 Å². The number of non-ortho nitro benzene ring substituents is 1. The first-order valence-electron chi connectivity index (χ1n) is 10.1. The van der Waals surface area contributed by atoms with Crippen molar-refractivity contribution >= 4 is 44.8 Å². The second kappa shape index (κ2) is 8.87. The fourth-order valence-corrected chi connectivity index (χ4v) is 4.75. The molecule has 0 saturated heterocycles. The van der Waals surface area contributed by atoms with Crippen molar-refractivity contribution in [2.45, 2.75) is 39.2 Å². The number of carbonyl (C=O) groups excluding carboxylic acids is 2. The number of carbonyl (C=O) groups is 2. The number of aromatic nitrogens is 2. The second-order valence-electron chi connectivity index (χ2n) is 7.46. The number of hydrogen-bond acceptors (Lipinski definition) is 8. The van der Waals surface area contributed by atoms with E-state index in [1.54, 1.807) is 11.5 Å². The van der Waals surface area contributed by atoms with Gasteiger partial charge in [-0.2, -0.15) is 0 Å². The summed E-state index contributed by atoms with van der Waals surface area (Å²) in [5, 5.41) is 13.6. The van der Waals surface area contributed by atoms with Crippen LogP contribution in [-0.4, -0.2) is 33.0 Å². The summed E-state index contributed by atoms with van der Waals surface area (Å²) in [6.07, 6.45) is 3.67. The molecule has 1 N–H and O–H groups in total. The van der Waals surface area contributed by atoms with E-state index in [4.69, 9.17) is 4.74 Å². The highest BCUT2D eigenvalue weighted by molar-refractivity contribution is 7.20. The zero-order valence-electron chi connectivity index (χ0n) is 17.3. The van der Waals surface area contributed by atoms with Crippen molar-refractivity contribution in [1.82, 2.24) is 9.55 Å². The number of amides is 1. The lowest BCUT2D eigenvalue weighted by molar-refractivity contribution is -0.384. The highest BCUT2D eigenvalue weighted by Gasteiger charge is 2.23. The van der Waals surface area contributed by atoms with E-state index in [1.807, 2.05) is 0 Å². The van der Waals surface area contributed by atoms with E-state index in [9.17, 15) is 24.5 Å². The Labute approximate surface area is 186 Å². The number of nitrogens with zero attached hydrogens (tertiary/aromatic N) is 3. The van der Waals surface area contributed by atoms with Crippen LogP contribution in [0.15, 0.2) is 29.1 Å². The van der Waals surface area contributed by atoms with Crippen LogP contribution in [0.5, 0.6) is 0 Å². The molecule has 0 aliphatic carbocycles. The summed E-state index contributed by atoms with van der Waals surface area (Å²) < 4.78 is 6.83. The average molecular weight is 456 g/mol. The van der Waals surface area contributed by atoms with Crippen molar-refractivity contribution < 1.29 is 19.2 Å². The topological polar surface area (TPSA) is 133 Å². The van der Waals surface area contributed by atoms with Gasteiger partial charge in [0.15, 0.2) is 6.61 Å². The molecule has 0 spiro atoms. The van der Waals surface area contributed by atoms with Crippen LogP contribution < -0.4 is 10.9 Å². The molecule has 0 fully saturated rings. The zero-order chi connectivity index (χ0) is 22.8. The number of nitro groups is 1. The molecule has 11 heteroatoms. The van der Waals surface area contributed by atoms with Gasteiger partial charge in [-0.15, -0.1) is 11.3 Å². The minimum atomic E-state index is -0.705. The van der Waals surface area contributed by atoms with Crippen LogP contribution >= 0.6 is 11.3 Å². The van der Waals surface area contributed by atoms with E-state index in [2.05, 4.69) is 10.3 Å². The van der Waals surface area contributed by atoms with E-state index in [0.29, 0.717) is 28.0 Å². The minimum absolute atomic E-state index is 0.100. The lowest BCUT2D eigenvalue weighted by Gasteiger charge is -2.08. The Bertz CT molecular complexity index is 1280. The standard InChI is InChI=1S/C21H20N4O6S/c1-12-17-19(23-15-5-3-2-4-10-24(15)20(17)27)32-18(12)21(28)31-11-16(26)22-13-6-8-14(9-7-13)25(29)30/h6-9H,2-5,10-11H2,1H3,(H,22,26). The maximum Gasteiger partial charge on any atom is 0.349 e. The predicted molar refractivity (Wildman–Crippen MR) is 118 cm³/mol. The number of aryl methyl sites for hydroxylation is 2. The van der Waals surface area contributed by atoms with Crippen molar-refractivity contribution in [3.05, 3.63) is 61.0 Å². The van der Waals surface area contributed by atoms with Crippen LogP contribution in [0.2, 0.25) is 0 Å². The van der Waals surface area contributed by atoms with Crippen LogP contribution in [0.4, 0.5) is 11.4 Å². The summed E-state index contributed by atoms with van der Waals surface area (Å²) in [6, 6.07) is 5.29. The fourth-order valence-electron chi connectivity index (χ4n) is 3.66. The molecular formula is C21H20N4O6S. The second-order valence-corrected chi connectivity index (χ2v) is 8.46. The molecule has 32 heavy (non-hydrogen) atoms. The number of esters is 1. The summed E-state index contributed by atoms with van der Waals surface area (Å²) >= 11 is 1.09. The number of anilines is 1. The van der Waals surface area contributed by atoms with Gasteiger partial charge >= 0.3 is 5.97 Å². The van der Waals surface area contributed by atoms with E-state index >= 15 is 0 Å². The third kappa shape index (κ3) is 4.24. The SMILES string of the molecule is Cc1c(C(=O)OCC(=O)Nc2ccc([N+](=O)[O-])cc2)sc2nc3n(c(=O)c12)CCCCC3. The first-order valence-corrected chi connectivity index (χ1v) is 10.9. The van der Waals surface area contributed by atoms with Crippen LogP contribution in [0.1, 0.15) is 40.3 Å². The van der Waals surface area contributed by atoms with E-state index in [-0.39, 0.29) is 16.1 Å². The summed E-state index contributed by atoms with van der Waals surface area (Å²) in [5.41, 5.74) is 0.600. The molecule has 0 unspecified atom stereocenters. The number of nitrogens with one attached hydrogen (secondary N) is 1. The summed E-state index contributed by atoms with van der Waals surface area (Å²) in [5.74, 6) is -0.552. The van der Waals surface area contributed by atoms with Gasteiger partial charge in [-0.25, -0.2) is 9.78 Å². The Morgan fingerprint density at radius 2 is 2.00 bits per heavy atom. The molecule has 0 atom stereocenters. The van der Waals surface area contributed by atoms with Gasteiger partial charge in [-0.3, -0.25) is 24.3 Å². The number of hydrogen-bond donors (Lipinski definition) is 1. The number of ether oxygens (including phenoxy) is 1. The van der Waals surface area contributed by atoms with Gasteiger partial charge in [0.25, 0.3) is 17.2 Å². The van der Waals surface area contributed by atoms with Crippen LogP contribution in [0, 0.1) is 17.0 Å². The van der Waals surface area contributed by atoms with Crippen LogP contribution in [0.25, 0.3) is 10.2 Å². The monoisotopic (exact) mass is 456 g/mol. The molecule has 1 aliphatic rings. The normalized spacial score (nSPS) is 13.3. The van der Waals surface area contributed by atoms with E-state index < -0.39 is 23.4 Å².